The van der Waals surface area contributed by atoms with Crippen LogP contribution in [0.4, 0.5) is 5.82 Å². The number of anilines is 1. The smallest absolute Gasteiger partial charge is 0.153 e. The summed E-state index contributed by atoms with van der Waals surface area (Å²) in [5.41, 5.74) is 1.72. The van der Waals surface area contributed by atoms with Crippen LogP contribution in [0.1, 0.15) is 29.9 Å². The zero-order chi connectivity index (χ0) is 16.9. The zero-order valence-corrected chi connectivity index (χ0v) is 14.8. The van der Waals surface area contributed by atoms with E-state index in [9.17, 15) is 4.79 Å². The number of pyridine rings is 1. The van der Waals surface area contributed by atoms with Gasteiger partial charge in [-0.15, -0.1) is 0 Å². The normalized spacial score (nSPS) is 20.5. The number of aromatic nitrogens is 1. The Bertz CT molecular complexity index is 550. The summed E-state index contributed by atoms with van der Waals surface area (Å²) in [6, 6.07) is 4.46. The highest BCUT2D eigenvalue weighted by Gasteiger charge is 2.22. The number of aldehydes is 1. The van der Waals surface area contributed by atoms with E-state index in [1.165, 1.54) is 0 Å². The molecule has 2 saturated heterocycles. The van der Waals surface area contributed by atoms with Crippen LogP contribution in [0.25, 0.3) is 0 Å². The van der Waals surface area contributed by atoms with Gasteiger partial charge in [0.1, 0.15) is 5.82 Å². The number of morpholine rings is 1. The van der Waals surface area contributed by atoms with E-state index in [0.29, 0.717) is 11.6 Å². The van der Waals surface area contributed by atoms with Gasteiger partial charge in [0, 0.05) is 51.9 Å². The molecule has 3 rings (SSSR count). The minimum Gasteiger partial charge on any atom is -0.379 e. The molecule has 1 aromatic rings. The lowest BCUT2D eigenvalue weighted by molar-refractivity contribution is 0.0336. The average Bonchev–Trinajstić information content (AvgIpc) is 2.62. The minimum atomic E-state index is 0.568. The van der Waals surface area contributed by atoms with Crippen molar-refractivity contribution < 1.29 is 9.53 Å². The van der Waals surface area contributed by atoms with Crippen molar-refractivity contribution in [3.63, 3.8) is 0 Å². The van der Waals surface area contributed by atoms with Gasteiger partial charge in [-0.25, -0.2) is 4.98 Å². The standard InChI is InChI=1S/C18H28N4O2/c1-15(2)21-5-7-22(8-6-21)18-16(14-23)3-4-17(19-18)13-20-9-11-24-12-10-20/h3-4,14-15H,5-13H2,1-2H3. The summed E-state index contributed by atoms with van der Waals surface area (Å²) >= 11 is 0. The molecule has 6 nitrogen and oxygen atoms in total. The highest BCUT2D eigenvalue weighted by atomic mass is 16.5. The average molecular weight is 332 g/mol. The first kappa shape index (κ1) is 17.3. The molecule has 0 aromatic carbocycles. The molecule has 1 aromatic heterocycles. The predicted molar refractivity (Wildman–Crippen MR) is 94.6 cm³/mol. The first-order chi connectivity index (χ1) is 11.7. The first-order valence-corrected chi connectivity index (χ1v) is 8.91. The fourth-order valence-electron chi connectivity index (χ4n) is 3.37. The zero-order valence-electron chi connectivity index (χ0n) is 14.8. The second-order valence-electron chi connectivity index (χ2n) is 6.84. The second-order valence-corrected chi connectivity index (χ2v) is 6.84. The van der Waals surface area contributed by atoms with E-state index >= 15 is 0 Å². The van der Waals surface area contributed by atoms with Crippen molar-refractivity contribution in [1.29, 1.82) is 0 Å². The largest absolute Gasteiger partial charge is 0.379 e. The Labute approximate surface area is 144 Å². The van der Waals surface area contributed by atoms with E-state index in [2.05, 4.69) is 28.5 Å². The van der Waals surface area contributed by atoms with Crippen LogP contribution in [0, 0.1) is 0 Å². The topological polar surface area (TPSA) is 48.9 Å². The summed E-state index contributed by atoms with van der Waals surface area (Å²) in [7, 11) is 0. The van der Waals surface area contributed by atoms with Crippen molar-refractivity contribution in [1.82, 2.24) is 14.8 Å². The minimum absolute atomic E-state index is 0.568. The van der Waals surface area contributed by atoms with Gasteiger partial charge in [0.15, 0.2) is 6.29 Å². The maximum Gasteiger partial charge on any atom is 0.153 e. The Morgan fingerprint density at radius 3 is 2.46 bits per heavy atom. The fraction of sp³-hybridized carbons (Fsp3) is 0.667. The van der Waals surface area contributed by atoms with Crippen LogP contribution in [-0.4, -0.2) is 79.6 Å². The number of carbonyl (C=O) groups is 1. The van der Waals surface area contributed by atoms with Crippen LogP contribution in [0.5, 0.6) is 0 Å². The number of hydrogen-bond acceptors (Lipinski definition) is 6. The molecule has 0 amide bonds. The molecule has 3 heterocycles. The molecule has 6 heteroatoms. The summed E-state index contributed by atoms with van der Waals surface area (Å²) in [6.07, 6.45) is 0.926. The van der Waals surface area contributed by atoms with Crippen LogP contribution in [-0.2, 0) is 11.3 Å². The quantitative estimate of drug-likeness (QED) is 0.757. The van der Waals surface area contributed by atoms with Gasteiger partial charge in [0.05, 0.1) is 24.5 Å². The van der Waals surface area contributed by atoms with E-state index in [-0.39, 0.29) is 0 Å². The molecule has 0 radical (unpaired) electrons. The van der Waals surface area contributed by atoms with Crippen molar-refractivity contribution in [3.8, 4) is 0 Å². The maximum atomic E-state index is 11.4. The maximum absolute atomic E-state index is 11.4. The lowest BCUT2D eigenvalue weighted by Crippen LogP contribution is -2.49. The van der Waals surface area contributed by atoms with Crippen molar-refractivity contribution >= 4 is 12.1 Å². The van der Waals surface area contributed by atoms with Gasteiger partial charge < -0.3 is 9.64 Å². The lowest BCUT2D eigenvalue weighted by Gasteiger charge is -2.38. The molecule has 0 bridgehead atoms. The Balaban J connectivity index is 1.71. The Hall–Kier alpha value is -1.50. The van der Waals surface area contributed by atoms with Crippen LogP contribution in [0.3, 0.4) is 0 Å². The molecule has 0 N–H and O–H groups in total. The van der Waals surface area contributed by atoms with Crippen molar-refractivity contribution in [2.24, 2.45) is 0 Å². The molecule has 0 atom stereocenters. The monoisotopic (exact) mass is 332 g/mol. The molecule has 2 aliphatic rings. The Morgan fingerprint density at radius 1 is 1.12 bits per heavy atom. The second kappa shape index (κ2) is 8.05. The van der Waals surface area contributed by atoms with Gasteiger partial charge in [-0.2, -0.15) is 0 Å². The highest BCUT2D eigenvalue weighted by Crippen LogP contribution is 2.20. The van der Waals surface area contributed by atoms with E-state index in [1.807, 2.05) is 12.1 Å². The predicted octanol–water partition coefficient (Wildman–Crippen LogP) is 1.26. The first-order valence-electron chi connectivity index (χ1n) is 8.91. The van der Waals surface area contributed by atoms with Crippen LogP contribution in [0.2, 0.25) is 0 Å². The Kier molecular flexibility index (Phi) is 5.81. The van der Waals surface area contributed by atoms with Gasteiger partial charge >= 0.3 is 0 Å². The van der Waals surface area contributed by atoms with E-state index in [0.717, 1.165) is 76.8 Å². The molecular weight excluding hydrogens is 304 g/mol. The van der Waals surface area contributed by atoms with Gasteiger partial charge in [0.25, 0.3) is 0 Å². The van der Waals surface area contributed by atoms with E-state index in [4.69, 9.17) is 9.72 Å². The number of hydrogen-bond donors (Lipinski definition) is 0. The van der Waals surface area contributed by atoms with E-state index < -0.39 is 0 Å². The number of piperazine rings is 1. The van der Waals surface area contributed by atoms with Gasteiger partial charge in [-0.3, -0.25) is 14.6 Å². The molecule has 2 fully saturated rings. The molecule has 0 unspecified atom stereocenters. The fourth-order valence-corrected chi connectivity index (χ4v) is 3.37. The molecule has 2 aliphatic heterocycles. The number of ether oxygens (including phenoxy) is 1. The summed E-state index contributed by atoms with van der Waals surface area (Å²) in [5.74, 6) is 0.846. The third kappa shape index (κ3) is 4.12. The summed E-state index contributed by atoms with van der Waals surface area (Å²) in [6.45, 7) is 12.6. The van der Waals surface area contributed by atoms with Gasteiger partial charge in [-0.05, 0) is 26.0 Å². The molecule has 24 heavy (non-hydrogen) atoms. The van der Waals surface area contributed by atoms with Crippen LogP contribution in [0.15, 0.2) is 12.1 Å². The summed E-state index contributed by atoms with van der Waals surface area (Å²) < 4.78 is 5.40. The van der Waals surface area contributed by atoms with Crippen molar-refractivity contribution in [2.45, 2.75) is 26.4 Å². The van der Waals surface area contributed by atoms with Crippen molar-refractivity contribution in [3.05, 3.63) is 23.4 Å². The van der Waals surface area contributed by atoms with Crippen molar-refractivity contribution in [2.75, 3.05) is 57.4 Å². The number of rotatable bonds is 5. The third-order valence-electron chi connectivity index (χ3n) is 4.92. The van der Waals surface area contributed by atoms with Crippen LogP contribution >= 0.6 is 0 Å². The third-order valence-corrected chi connectivity index (χ3v) is 4.92. The number of nitrogens with zero attached hydrogens (tertiary/aromatic N) is 4. The molecule has 0 spiro atoms. The summed E-state index contributed by atoms with van der Waals surface area (Å²) in [4.78, 5) is 23.3. The Morgan fingerprint density at radius 2 is 1.83 bits per heavy atom. The van der Waals surface area contributed by atoms with Gasteiger partial charge in [0.2, 0.25) is 0 Å². The molecule has 0 aliphatic carbocycles. The summed E-state index contributed by atoms with van der Waals surface area (Å²) in [5, 5.41) is 0. The highest BCUT2D eigenvalue weighted by molar-refractivity contribution is 5.82. The lowest BCUT2D eigenvalue weighted by atomic mass is 10.2. The van der Waals surface area contributed by atoms with Gasteiger partial charge in [-0.1, -0.05) is 0 Å². The molecule has 132 valence electrons. The van der Waals surface area contributed by atoms with E-state index in [1.54, 1.807) is 0 Å². The molecular formula is C18H28N4O2. The SMILES string of the molecule is CC(C)N1CCN(c2nc(CN3CCOCC3)ccc2C=O)CC1. The number of carbonyl (C=O) groups excluding carboxylic acids is 1. The molecule has 0 saturated carbocycles. The van der Waals surface area contributed by atoms with Crippen LogP contribution < -0.4 is 4.90 Å².